The van der Waals surface area contributed by atoms with E-state index in [0.717, 1.165) is 0 Å². The highest BCUT2D eigenvalue weighted by atomic mass is 16.4. The third-order valence-electron chi connectivity index (χ3n) is 1.59. The van der Waals surface area contributed by atoms with Crippen molar-refractivity contribution in [3.8, 4) is 0 Å². The molecule has 15 heavy (non-hydrogen) atoms. The Kier molecular flexibility index (Phi) is 3.64. The average molecular weight is 209 g/mol. The molecule has 0 aliphatic carbocycles. The van der Waals surface area contributed by atoms with E-state index in [9.17, 15) is 9.59 Å². The molecule has 0 aliphatic heterocycles. The largest absolute Gasteiger partial charge is 0.480 e. The molecule has 6 heteroatoms. The molecule has 1 rings (SSSR count). The fourth-order valence-corrected chi connectivity index (χ4v) is 0.934. The molecule has 6 nitrogen and oxygen atoms in total. The van der Waals surface area contributed by atoms with Crippen molar-refractivity contribution in [3.63, 3.8) is 0 Å². The van der Waals surface area contributed by atoms with Gasteiger partial charge in [-0.25, -0.2) is 10.6 Å². The van der Waals surface area contributed by atoms with E-state index < -0.39 is 18.5 Å². The smallest absolute Gasteiger partial charge is 0.336 e. The van der Waals surface area contributed by atoms with E-state index in [2.05, 4.69) is 5.32 Å². The topological polar surface area (TPSA) is 95.7 Å². The first-order valence-electron chi connectivity index (χ1n) is 4.19. The lowest BCUT2D eigenvalue weighted by Crippen LogP contribution is -2.43. The third kappa shape index (κ3) is 3.65. The highest BCUT2D eigenvalue weighted by molar-refractivity contribution is 5.90. The van der Waals surface area contributed by atoms with Gasteiger partial charge in [0.2, 0.25) is 0 Å². The Morgan fingerprint density at radius 2 is 1.93 bits per heavy atom. The van der Waals surface area contributed by atoms with Crippen LogP contribution >= 0.6 is 0 Å². The summed E-state index contributed by atoms with van der Waals surface area (Å²) < 4.78 is 0. The number of aliphatic carboxylic acids is 1. The Morgan fingerprint density at radius 1 is 1.33 bits per heavy atom. The minimum absolute atomic E-state index is 0.543. The Labute approximate surface area is 86.3 Å². The second-order valence-corrected chi connectivity index (χ2v) is 2.82. The van der Waals surface area contributed by atoms with Crippen LogP contribution in [0.1, 0.15) is 0 Å². The normalized spacial score (nSPS) is 9.40. The zero-order valence-corrected chi connectivity index (χ0v) is 7.88. The van der Waals surface area contributed by atoms with Crippen LogP contribution in [0.2, 0.25) is 0 Å². The molecule has 0 saturated carbocycles. The molecule has 1 aromatic carbocycles. The first kappa shape index (κ1) is 11.0. The fourth-order valence-electron chi connectivity index (χ4n) is 0.934. The molecule has 0 saturated heterocycles. The van der Waals surface area contributed by atoms with Gasteiger partial charge in [-0.2, -0.15) is 0 Å². The number of hydrogen-bond acceptors (Lipinski definition) is 3. The van der Waals surface area contributed by atoms with Gasteiger partial charge in [0.15, 0.2) is 0 Å². The summed E-state index contributed by atoms with van der Waals surface area (Å²) in [5, 5.41) is 11.4. The molecule has 0 atom stereocenters. The number of nitrogens with one attached hydrogen (secondary N) is 1. The van der Waals surface area contributed by atoms with Crippen molar-refractivity contribution in [1.82, 2.24) is 5.01 Å². The molecule has 1 aromatic rings. The third-order valence-corrected chi connectivity index (χ3v) is 1.59. The van der Waals surface area contributed by atoms with E-state index in [1.54, 1.807) is 30.3 Å². The second-order valence-electron chi connectivity index (χ2n) is 2.82. The summed E-state index contributed by atoms with van der Waals surface area (Å²) in [7, 11) is 0. The van der Waals surface area contributed by atoms with Gasteiger partial charge >= 0.3 is 12.0 Å². The quantitative estimate of drug-likeness (QED) is 0.383. The van der Waals surface area contributed by atoms with Crippen molar-refractivity contribution in [2.45, 2.75) is 0 Å². The fraction of sp³-hybridized carbons (Fsp3) is 0.111. The van der Waals surface area contributed by atoms with E-state index in [0.29, 0.717) is 10.7 Å². The van der Waals surface area contributed by atoms with Gasteiger partial charge in [-0.1, -0.05) is 18.2 Å². The maximum Gasteiger partial charge on any atom is 0.336 e. The molecule has 0 aliphatic rings. The number of hydrazine groups is 1. The van der Waals surface area contributed by atoms with Crippen LogP contribution in [0.25, 0.3) is 0 Å². The van der Waals surface area contributed by atoms with Crippen LogP contribution in [0.4, 0.5) is 10.5 Å². The Balaban J connectivity index is 2.52. The molecule has 80 valence electrons. The van der Waals surface area contributed by atoms with Gasteiger partial charge < -0.3 is 10.4 Å². The summed E-state index contributed by atoms with van der Waals surface area (Å²) in [4.78, 5) is 21.5. The lowest BCUT2D eigenvalue weighted by molar-refractivity contribution is -0.137. The number of nitrogens with zero attached hydrogens (tertiary/aromatic N) is 1. The summed E-state index contributed by atoms with van der Waals surface area (Å²) in [5.74, 6) is 4.04. The van der Waals surface area contributed by atoms with Crippen LogP contribution in [0.5, 0.6) is 0 Å². The predicted octanol–water partition coefficient (Wildman–Crippen LogP) is 0.479. The molecule has 0 radical (unpaired) electrons. The molecule has 4 N–H and O–H groups in total. The number of carboxylic acid groups (broad SMARTS) is 1. The molecule has 0 bridgehead atoms. The van der Waals surface area contributed by atoms with Crippen LogP contribution in [0.3, 0.4) is 0 Å². The Bertz CT molecular complexity index is 353. The Hall–Kier alpha value is -2.08. The molecule has 0 spiro atoms. The standard InChI is InChI=1S/C9H11N3O3/c10-12(6-8(13)14)9(15)11-7-4-2-1-3-5-7/h1-5H,6,10H2,(H,11,15)(H,13,14). The number of nitrogens with two attached hydrogens (primary N) is 1. The number of benzene rings is 1. The van der Waals surface area contributed by atoms with Gasteiger partial charge in [0.05, 0.1) is 0 Å². The van der Waals surface area contributed by atoms with Gasteiger partial charge in [0.1, 0.15) is 6.54 Å². The zero-order chi connectivity index (χ0) is 11.3. The van der Waals surface area contributed by atoms with Gasteiger partial charge in [0.25, 0.3) is 0 Å². The van der Waals surface area contributed by atoms with Crippen LogP contribution in [0.15, 0.2) is 30.3 Å². The number of hydrogen-bond donors (Lipinski definition) is 3. The van der Waals surface area contributed by atoms with Crippen molar-refractivity contribution >= 4 is 17.7 Å². The highest BCUT2D eigenvalue weighted by Gasteiger charge is 2.12. The molecule has 0 unspecified atom stereocenters. The molecule has 0 heterocycles. The number of carboxylic acids is 1. The average Bonchev–Trinajstić information content (AvgIpc) is 2.18. The van der Waals surface area contributed by atoms with E-state index in [-0.39, 0.29) is 0 Å². The summed E-state index contributed by atoms with van der Waals surface area (Å²) >= 11 is 0. The minimum Gasteiger partial charge on any atom is -0.480 e. The van der Waals surface area contributed by atoms with E-state index in [1.165, 1.54) is 0 Å². The van der Waals surface area contributed by atoms with Crippen LogP contribution < -0.4 is 11.2 Å². The number of anilines is 1. The summed E-state index contributed by atoms with van der Waals surface area (Å²) in [6.45, 7) is -0.543. The van der Waals surface area contributed by atoms with Crippen molar-refractivity contribution in [3.05, 3.63) is 30.3 Å². The summed E-state index contributed by atoms with van der Waals surface area (Å²) in [6.07, 6.45) is 0. The van der Waals surface area contributed by atoms with Crippen LogP contribution in [-0.4, -0.2) is 28.7 Å². The molecule has 0 fully saturated rings. The number of amides is 2. The summed E-state index contributed by atoms with van der Waals surface area (Å²) in [5.41, 5.74) is 0.559. The van der Waals surface area contributed by atoms with Gasteiger partial charge in [-0.15, -0.1) is 0 Å². The highest BCUT2D eigenvalue weighted by Crippen LogP contribution is 2.05. The van der Waals surface area contributed by atoms with Crippen molar-refractivity contribution < 1.29 is 14.7 Å². The Morgan fingerprint density at radius 3 is 2.47 bits per heavy atom. The van der Waals surface area contributed by atoms with Crippen LogP contribution in [-0.2, 0) is 4.79 Å². The first-order valence-corrected chi connectivity index (χ1v) is 4.19. The number of rotatable bonds is 3. The van der Waals surface area contributed by atoms with Crippen molar-refractivity contribution in [1.29, 1.82) is 0 Å². The van der Waals surface area contributed by atoms with Gasteiger partial charge in [0, 0.05) is 5.69 Å². The van der Waals surface area contributed by atoms with Crippen LogP contribution in [0, 0.1) is 0 Å². The number of carbonyl (C=O) groups excluding carboxylic acids is 1. The number of carbonyl (C=O) groups is 2. The van der Waals surface area contributed by atoms with E-state index in [1.807, 2.05) is 0 Å². The molecule has 2 amide bonds. The lowest BCUT2D eigenvalue weighted by atomic mass is 10.3. The van der Waals surface area contributed by atoms with E-state index in [4.69, 9.17) is 10.9 Å². The maximum absolute atomic E-state index is 11.3. The monoisotopic (exact) mass is 209 g/mol. The lowest BCUT2D eigenvalue weighted by Gasteiger charge is -2.14. The SMILES string of the molecule is NN(CC(=O)O)C(=O)Nc1ccccc1. The first-order chi connectivity index (χ1) is 7.09. The minimum atomic E-state index is -1.17. The van der Waals surface area contributed by atoms with Gasteiger partial charge in [-0.05, 0) is 12.1 Å². The zero-order valence-electron chi connectivity index (χ0n) is 7.88. The molecule has 0 aromatic heterocycles. The number of urea groups is 1. The second kappa shape index (κ2) is 4.97. The predicted molar refractivity (Wildman–Crippen MR) is 54.0 cm³/mol. The number of para-hydroxylation sites is 1. The van der Waals surface area contributed by atoms with Gasteiger partial charge in [-0.3, -0.25) is 9.80 Å². The maximum atomic E-state index is 11.3. The summed E-state index contributed by atoms with van der Waals surface area (Å²) in [6, 6.07) is 7.97. The van der Waals surface area contributed by atoms with Crippen molar-refractivity contribution in [2.24, 2.45) is 5.84 Å². The van der Waals surface area contributed by atoms with E-state index >= 15 is 0 Å². The molecular formula is C9H11N3O3. The van der Waals surface area contributed by atoms with Crippen molar-refractivity contribution in [2.75, 3.05) is 11.9 Å². The molecular weight excluding hydrogens is 198 g/mol.